The van der Waals surface area contributed by atoms with Crippen LogP contribution in [0.25, 0.3) is 0 Å². The molecule has 0 bridgehead atoms. The molecule has 0 saturated heterocycles. The summed E-state index contributed by atoms with van der Waals surface area (Å²) < 4.78 is 28.1. The molecule has 7 nitrogen and oxygen atoms in total. The number of carbonyl (C=O) groups is 1. The highest BCUT2D eigenvalue weighted by molar-refractivity contribution is 7.89. The van der Waals surface area contributed by atoms with E-state index < -0.39 is 28.1 Å². The van der Waals surface area contributed by atoms with Gasteiger partial charge < -0.3 is 14.8 Å². The lowest BCUT2D eigenvalue weighted by Crippen LogP contribution is -2.44. The van der Waals surface area contributed by atoms with Gasteiger partial charge in [-0.1, -0.05) is 12.8 Å². The van der Waals surface area contributed by atoms with Gasteiger partial charge in [0.2, 0.25) is 10.0 Å². The Hall–Kier alpha value is -1.38. The van der Waals surface area contributed by atoms with E-state index in [0.717, 1.165) is 18.9 Å². The molecule has 0 amide bonds. The Morgan fingerprint density at radius 1 is 1.40 bits per heavy atom. The van der Waals surface area contributed by atoms with E-state index in [9.17, 15) is 18.3 Å². The zero-order chi connectivity index (χ0) is 14.9. The van der Waals surface area contributed by atoms with Gasteiger partial charge in [0.05, 0.1) is 6.10 Å². The van der Waals surface area contributed by atoms with Gasteiger partial charge in [0, 0.05) is 19.3 Å². The first kappa shape index (κ1) is 15.0. The minimum atomic E-state index is -3.82. The lowest BCUT2D eigenvalue weighted by atomic mass is 9.93. The number of aromatic nitrogens is 1. The Labute approximate surface area is 117 Å². The van der Waals surface area contributed by atoms with Gasteiger partial charge in [-0.15, -0.1) is 0 Å². The Bertz CT molecular complexity index is 607. The number of hydrogen-bond donors (Lipinski definition) is 3. The number of rotatable bonds is 4. The maximum absolute atomic E-state index is 12.2. The van der Waals surface area contributed by atoms with Crippen LogP contribution in [0.15, 0.2) is 17.2 Å². The summed E-state index contributed by atoms with van der Waals surface area (Å²) in [5.74, 6) is -1.19. The van der Waals surface area contributed by atoms with Crippen LogP contribution in [0, 0.1) is 0 Å². The predicted octanol–water partition coefficient (Wildman–Crippen LogP) is 0.305. The van der Waals surface area contributed by atoms with Gasteiger partial charge in [-0.05, 0) is 18.9 Å². The zero-order valence-corrected chi connectivity index (χ0v) is 11.9. The summed E-state index contributed by atoms with van der Waals surface area (Å²) in [5.41, 5.74) is -0.102. The molecule has 112 valence electrons. The maximum atomic E-state index is 12.2. The van der Waals surface area contributed by atoms with E-state index in [1.165, 1.54) is 17.8 Å². The predicted molar refractivity (Wildman–Crippen MR) is 71.0 cm³/mol. The van der Waals surface area contributed by atoms with Crippen LogP contribution in [0.2, 0.25) is 0 Å². The molecular weight excluding hydrogens is 284 g/mol. The maximum Gasteiger partial charge on any atom is 0.352 e. The van der Waals surface area contributed by atoms with Crippen LogP contribution >= 0.6 is 0 Å². The van der Waals surface area contributed by atoms with Gasteiger partial charge in [0.1, 0.15) is 10.6 Å². The van der Waals surface area contributed by atoms with Crippen molar-refractivity contribution in [3.05, 3.63) is 18.0 Å². The Morgan fingerprint density at radius 2 is 2.05 bits per heavy atom. The minimum Gasteiger partial charge on any atom is -0.477 e. The van der Waals surface area contributed by atoms with Crippen LogP contribution in [0.5, 0.6) is 0 Å². The van der Waals surface area contributed by atoms with Gasteiger partial charge in [-0.25, -0.2) is 17.9 Å². The molecular formula is C12H18N2O5S. The third-order valence-electron chi connectivity index (χ3n) is 3.55. The third kappa shape index (κ3) is 3.02. The topological polar surface area (TPSA) is 109 Å². The first-order valence-corrected chi connectivity index (χ1v) is 7.89. The van der Waals surface area contributed by atoms with E-state index in [1.54, 1.807) is 0 Å². The normalized spacial score (nSPS) is 23.7. The molecule has 1 aromatic heterocycles. The molecule has 1 aliphatic rings. The number of aliphatic hydroxyl groups excluding tert-OH is 1. The number of hydrogen-bond acceptors (Lipinski definition) is 4. The van der Waals surface area contributed by atoms with Crippen LogP contribution in [0.4, 0.5) is 0 Å². The number of aryl methyl sites for hydroxylation is 1. The van der Waals surface area contributed by atoms with Gasteiger partial charge in [0.15, 0.2) is 0 Å². The molecule has 20 heavy (non-hydrogen) atoms. The van der Waals surface area contributed by atoms with E-state index >= 15 is 0 Å². The third-order valence-corrected chi connectivity index (χ3v) is 5.00. The van der Waals surface area contributed by atoms with Crippen molar-refractivity contribution >= 4 is 16.0 Å². The molecule has 2 atom stereocenters. The Balaban J connectivity index is 2.22. The van der Waals surface area contributed by atoms with Crippen LogP contribution in [-0.2, 0) is 17.1 Å². The summed E-state index contributed by atoms with van der Waals surface area (Å²) in [4.78, 5) is 10.8. The number of sulfonamides is 1. The molecule has 3 N–H and O–H groups in total. The van der Waals surface area contributed by atoms with Crippen molar-refractivity contribution < 1.29 is 23.4 Å². The van der Waals surface area contributed by atoms with E-state index in [1.807, 2.05) is 0 Å². The lowest BCUT2D eigenvalue weighted by molar-refractivity contribution is 0.0686. The fourth-order valence-electron chi connectivity index (χ4n) is 2.41. The summed E-state index contributed by atoms with van der Waals surface area (Å²) in [6, 6.07) is 0.599. The standard InChI is InChI=1S/C12H18N2O5S/c1-14-7-8(6-10(14)12(16)17)20(18,19)13-9-4-2-3-5-11(9)15/h6-7,9,11,13,15H,2-5H2,1H3,(H,16,17). The van der Waals surface area contributed by atoms with E-state index in [2.05, 4.69) is 4.72 Å². The number of carboxylic acids is 1. The summed E-state index contributed by atoms with van der Waals surface area (Å²) in [6.45, 7) is 0. The molecule has 2 rings (SSSR count). The van der Waals surface area contributed by atoms with Crippen molar-refractivity contribution in [3.8, 4) is 0 Å². The van der Waals surface area contributed by atoms with Crippen molar-refractivity contribution in [1.29, 1.82) is 0 Å². The SMILES string of the molecule is Cn1cc(S(=O)(=O)NC2CCCCC2O)cc1C(=O)O. The smallest absolute Gasteiger partial charge is 0.352 e. The number of aliphatic hydroxyl groups is 1. The average molecular weight is 302 g/mol. The number of carboxylic acid groups (broad SMARTS) is 1. The molecule has 1 fully saturated rings. The molecule has 0 aromatic carbocycles. The molecule has 1 saturated carbocycles. The molecule has 0 radical (unpaired) electrons. The van der Waals surface area contributed by atoms with Crippen molar-refractivity contribution in [2.24, 2.45) is 7.05 Å². The van der Waals surface area contributed by atoms with Crippen LogP contribution in [0.1, 0.15) is 36.2 Å². The van der Waals surface area contributed by atoms with Gasteiger partial charge in [-0.3, -0.25) is 0 Å². The Morgan fingerprint density at radius 3 is 2.60 bits per heavy atom. The van der Waals surface area contributed by atoms with Crippen molar-refractivity contribution in [2.45, 2.75) is 42.7 Å². The van der Waals surface area contributed by atoms with Gasteiger partial charge >= 0.3 is 5.97 Å². The summed E-state index contributed by atoms with van der Waals surface area (Å²) >= 11 is 0. The number of aromatic carboxylic acids is 1. The highest BCUT2D eigenvalue weighted by Crippen LogP contribution is 2.21. The lowest BCUT2D eigenvalue weighted by Gasteiger charge is -2.27. The Kier molecular flexibility index (Phi) is 4.17. The highest BCUT2D eigenvalue weighted by atomic mass is 32.2. The van der Waals surface area contributed by atoms with Crippen molar-refractivity contribution in [3.63, 3.8) is 0 Å². The molecule has 1 heterocycles. The minimum absolute atomic E-state index is 0.102. The quantitative estimate of drug-likeness (QED) is 0.741. The fraction of sp³-hybridized carbons (Fsp3) is 0.583. The largest absolute Gasteiger partial charge is 0.477 e. The fourth-order valence-corrected chi connectivity index (χ4v) is 3.78. The van der Waals surface area contributed by atoms with E-state index in [0.29, 0.717) is 12.8 Å². The monoisotopic (exact) mass is 302 g/mol. The summed E-state index contributed by atoms with van der Waals surface area (Å²) in [6.07, 6.45) is 3.46. The second-order valence-electron chi connectivity index (χ2n) is 5.06. The molecule has 8 heteroatoms. The average Bonchev–Trinajstić information content (AvgIpc) is 2.75. The second kappa shape index (κ2) is 5.55. The van der Waals surface area contributed by atoms with Gasteiger partial charge in [-0.2, -0.15) is 0 Å². The highest BCUT2D eigenvalue weighted by Gasteiger charge is 2.29. The molecule has 0 aliphatic heterocycles. The summed E-state index contributed by atoms with van der Waals surface area (Å²) in [7, 11) is -2.35. The molecule has 1 aromatic rings. The number of nitrogens with one attached hydrogen (secondary N) is 1. The van der Waals surface area contributed by atoms with Crippen molar-refractivity contribution in [2.75, 3.05) is 0 Å². The van der Waals surface area contributed by atoms with E-state index in [4.69, 9.17) is 5.11 Å². The first-order chi connectivity index (χ1) is 9.31. The number of nitrogens with zero attached hydrogens (tertiary/aromatic N) is 1. The summed E-state index contributed by atoms with van der Waals surface area (Å²) in [5, 5.41) is 18.7. The molecule has 0 spiro atoms. The van der Waals surface area contributed by atoms with Crippen LogP contribution in [0.3, 0.4) is 0 Å². The molecule has 2 unspecified atom stereocenters. The molecule has 1 aliphatic carbocycles. The van der Waals surface area contributed by atoms with Gasteiger partial charge in [0.25, 0.3) is 0 Å². The second-order valence-corrected chi connectivity index (χ2v) is 6.77. The first-order valence-electron chi connectivity index (χ1n) is 6.41. The zero-order valence-electron chi connectivity index (χ0n) is 11.1. The van der Waals surface area contributed by atoms with Crippen molar-refractivity contribution in [1.82, 2.24) is 9.29 Å². The van der Waals surface area contributed by atoms with Crippen LogP contribution in [-0.4, -0.2) is 41.3 Å². The van der Waals surface area contributed by atoms with Crippen LogP contribution < -0.4 is 4.72 Å². The van der Waals surface area contributed by atoms with E-state index in [-0.39, 0.29) is 10.6 Å².